The van der Waals surface area contributed by atoms with E-state index < -0.39 is 6.04 Å². The lowest BCUT2D eigenvalue weighted by Crippen LogP contribution is -2.47. The third-order valence-corrected chi connectivity index (χ3v) is 3.25. The van der Waals surface area contributed by atoms with Gasteiger partial charge in [0.2, 0.25) is 5.91 Å². The van der Waals surface area contributed by atoms with Gasteiger partial charge in [0, 0.05) is 19.1 Å². The van der Waals surface area contributed by atoms with Gasteiger partial charge in [-0.15, -0.1) is 12.4 Å². The van der Waals surface area contributed by atoms with Crippen LogP contribution >= 0.6 is 12.4 Å². The lowest BCUT2D eigenvalue weighted by Gasteiger charge is -2.40. The average molecular weight is 279 g/mol. The summed E-state index contributed by atoms with van der Waals surface area (Å²) in [7, 11) is 0. The number of hydrogen-bond donors (Lipinski definition) is 2. The van der Waals surface area contributed by atoms with E-state index in [4.69, 9.17) is 10.5 Å². The molecule has 0 bridgehead atoms. The number of carbonyl (C=O) groups excluding carboxylic acids is 1. The van der Waals surface area contributed by atoms with Crippen molar-refractivity contribution in [2.45, 2.75) is 52.7 Å². The van der Waals surface area contributed by atoms with Crippen LogP contribution in [0.25, 0.3) is 0 Å². The zero-order valence-corrected chi connectivity index (χ0v) is 12.7. The molecule has 1 rings (SSSR count). The van der Waals surface area contributed by atoms with Crippen molar-refractivity contribution in [3.63, 3.8) is 0 Å². The monoisotopic (exact) mass is 278 g/mol. The Labute approximate surface area is 116 Å². The molecule has 1 aliphatic heterocycles. The first kappa shape index (κ1) is 17.7. The molecule has 3 N–H and O–H groups in total. The second-order valence-corrected chi connectivity index (χ2v) is 6.09. The number of halogens is 1. The molecule has 0 aromatic rings. The van der Waals surface area contributed by atoms with Crippen LogP contribution in [0.1, 0.15) is 40.5 Å². The Kier molecular flexibility index (Phi) is 7.18. The molecule has 1 aliphatic rings. The van der Waals surface area contributed by atoms with Crippen LogP contribution in [-0.4, -0.2) is 31.2 Å². The van der Waals surface area contributed by atoms with Gasteiger partial charge in [0.15, 0.2) is 0 Å². The Hall–Kier alpha value is -0.320. The lowest BCUT2D eigenvalue weighted by molar-refractivity contribution is -0.123. The number of hydrogen-bond acceptors (Lipinski definition) is 3. The van der Waals surface area contributed by atoms with Gasteiger partial charge in [-0.25, -0.2) is 0 Å². The molecule has 3 atom stereocenters. The van der Waals surface area contributed by atoms with Gasteiger partial charge in [0.1, 0.15) is 0 Å². The number of carbonyl (C=O) groups is 1. The van der Waals surface area contributed by atoms with Crippen molar-refractivity contribution in [3.8, 4) is 0 Å². The summed E-state index contributed by atoms with van der Waals surface area (Å²) in [4.78, 5) is 11.5. The van der Waals surface area contributed by atoms with Gasteiger partial charge in [-0.05, 0) is 25.2 Å². The Morgan fingerprint density at radius 2 is 2.11 bits per heavy atom. The van der Waals surface area contributed by atoms with Crippen molar-refractivity contribution in [2.24, 2.45) is 17.1 Å². The normalized spacial score (nSPS) is 26.1. The van der Waals surface area contributed by atoms with E-state index >= 15 is 0 Å². The summed E-state index contributed by atoms with van der Waals surface area (Å²) < 4.78 is 5.87. The van der Waals surface area contributed by atoms with E-state index in [1.54, 1.807) is 6.92 Å². The molecule has 0 radical (unpaired) electrons. The first-order valence-electron chi connectivity index (χ1n) is 6.47. The summed E-state index contributed by atoms with van der Waals surface area (Å²) in [6.07, 6.45) is 2.40. The molecule has 0 aromatic carbocycles. The van der Waals surface area contributed by atoms with E-state index in [0.717, 1.165) is 19.4 Å². The van der Waals surface area contributed by atoms with Gasteiger partial charge in [-0.2, -0.15) is 0 Å². The van der Waals surface area contributed by atoms with Gasteiger partial charge >= 0.3 is 0 Å². The Bertz CT molecular complexity index is 264. The second-order valence-electron chi connectivity index (χ2n) is 6.09. The standard InChI is InChI=1S/C13H26N2O2.ClH/c1-9(14)12(16)15-8-10-6-5-7-17-11(10)13(2,3)4;/h9-11H,5-8,14H2,1-4H3,(H,15,16);1H/t9-,10?,11?;/m1./s1. The van der Waals surface area contributed by atoms with E-state index in [1.807, 2.05) is 0 Å². The largest absolute Gasteiger partial charge is 0.377 e. The van der Waals surface area contributed by atoms with Crippen molar-refractivity contribution in [1.82, 2.24) is 5.32 Å². The summed E-state index contributed by atoms with van der Waals surface area (Å²) >= 11 is 0. The number of rotatable bonds is 3. The van der Waals surface area contributed by atoms with Crippen LogP contribution in [0.4, 0.5) is 0 Å². The molecular formula is C13H27ClN2O2. The van der Waals surface area contributed by atoms with E-state index in [1.165, 1.54) is 0 Å². The summed E-state index contributed by atoms with van der Waals surface area (Å²) in [5, 5.41) is 2.91. The summed E-state index contributed by atoms with van der Waals surface area (Å²) in [5.41, 5.74) is 5.64. The molecule has 0 aromatic heterocycles. The highest BCUT2D eigenvalue weighted by atomic mass is 35.5. The van der Waals surface area contributed by atoms with Crippen LogP contribution in [0, 0.1) is 11.3 Å². The Balaban J connectivity index is 0.00000289. The topological polar surface area (TPSA) is 64.4 Å². The zero-order chi connectivity index (χ0) is 13.1. The van der Waals surface area contributed by atoms with Gasteiger partial charge in [0.05, 0.1) is 12.1 Å². The first-order chi connectivity index (χ1) is 7.82. The molecule has 108 valence electrons. The van der Waals surface area contributed by atoms with Crippen LogP contribution in [0.3, 0.4) is 0 Å². The SMILES string of the molecule is C[C@@H](N)C(=O)NCC1CCCOC1C(C)(C)C.Cl. The minimum absolute atomic E-state index is 0. The first-order valence-corrected chi connectivity index (χ1v) is 6.47. The molecule has 0 aliphatic carbocycles. The summed E-state index contributed by atoms with van der Waals surface area (Å²) in [6.45, 7) is 9.76. The van der Waals surface area contributed by atoms with Gasteiger partial charge in [-0.1, -0.05) is 20.8 Å². The minimum atomic E-state index is -0.437. The van der Waals surface area contributed by atoms with E-state index in [9.17, 15) is 4.79 Å². The lowest BCUT2D eigenvalue weighted by atomic mass is 9.78. The van der Waals surface area contributed by atoms with E-state index in [2.05, 4.69) is 26.1 Å². The molecule has 1 amide bonds. The van der Waals surface area contributed by atoms with Crippen molar-refractivity contribution in [2.75, 3.05) is 13.2 Å². The van der Waals surface area contributed by atoms with Crippen molar-refractivity contribution in [3.05, 3.63) is 0 Å². The second kappa shape index (κ2) is 7.31. The third kappa shape index (κ3) is 5.12. The fourth-order valence-corrected chi connectivity index (χ4v) is 2.40. The molecule has 1 heterocycles. The van der Waals surface area contributed by atoms with Gasteiger partial charge in [-0.3, -0.25) is 4.79 Å². The van der Waals surface area contributed by atoms with Crippen LogP contribution in [0.15, 0.2) is 0 Å². The maximum Gasteiger partial charge on any atom is 0.236 e. The third-order valence-electron chi connectivity index (χ3n) is 3.25. The molecule has 0 saturated carbocycles. The predicted octanol–water partition coefficient (Wildman–Crippen LogP) is 1.71. The Morgan fingerprint density at radius 3 is 2.61 bits per heavy atom. The van der Waals surface area contributed by atoms with E-state index in [0.29, 0.717) is 12.5 Å². The number of ether oxygens (including phenoxy) is 1. The molecule has 5 heteroatoms. The number of amides is 1. The molecule has 2 unspecified atom stereocenters. The highest BCUT2D eigenvalue weighted by molar-refractivity contribution is 5.85. The molecule has 1 saturated heterocycles. The molecule has 0 spiro atoms. The fraction of sp³-hybridized carbons (Fsp3) is 0.923. The minimum Gasteiger partial charge on any atom is -0.377 e. The molecule has 1 fully saturated rings. The molecule has 4 nitrogen and oxygen atoms in total. The number of nitrogens with two attached hydrogens (primary N) is 1. The van der Waals surface area contributed by atoms with Gasteiger partial charge in [0.25, 0.3) is 0 Å². The molecular weight excluding hydrogens is 252 g/mol. The van der Waals surface area contributed by atoms with Crippen LogP contribution < -0.4 is 11.1 Å². The maximum absolute atomic E-state index is 11.5. The maximum atomic E-state index is 11.5. The fourth-order valence-electron chi connectivity index (χ4n) is 2.40. The van der Waals surface area contributed by atoms with Gasteiger partial charge < -0.3 is 15.8 Å². The van der Waals surface area contributed by atoms with Crippen LogP contribution in [-0.2, 0) is 9.53 Å². The van der Waals surface area contributed by atoms with Crippen LogP contribution in [0.2, 0.25) is 0 Å². The Morgan fingerprint density at radius 1 is 1.50 bits per heavy atom. The van der Waals surface area contributed by atoms with Crippen molar-refractivity contribution >= 4 is 18.3 Å². The summed E-state index contributed by atoms with van der Waals surface area (Å²) in [5.74, 6) is 0.315. The summed E-state index contributed by atoms with van der Waals surface area (Å²) in [6, 6.07) is -0.437. The molecule has 18 heavy (non-hydrogen) atoms. The highest BCUT2D eigenvalue weighted by Crippen LogP contribution is 2.33. The smallest absolute Gasteiger partial charge is 0.236 e. The van der Waals surface area contributed by atoms with Crippen molar-refractivity contribution < 1.29 is 9.53 Å². The quantitative estimate of drug-likeness (QED) is 0.826. The highest BCUT2D eigenvalue weighted by Gasteiger charge is 2.35. The average Bonchev–Trinajstić information content (AvgIpc) is 2.24. The van der Waals surface area contributed by atoms with E-state index in [-0.39, 0.29) is 29.8 Å². The van der Waals surface area contributed by atoms with Crippen LogP contribution in [0.5, 0.6) is 0 Å². The zero-order valence-electron chi connectivity index (χ0n) is 11.9. The predicted molar refractivity (Wildman–Crippen MR) is 75.8 cm³/mol. The van der Waals surface area contributed by atoms with Crippen molar-refractivity contribution in [1.29, 1.82) is 0 Å². The number of nitrogens with one attached hydrogen (secondary N) is 1.